The first-order valence-electron chi connectivity index (χ1n) is 7.44. The Labute approximate surface area is 143 Å². The summed E-state index contributed by atoms with van der Waals surface area (Å²) >= 11 is 0. The second-order valence-electron chi connectivity index (χ2n) is 5.59. The SMILES string of the molecule is Oc1ccc(C(c2ccccc2)c2ccc(O)c(O)c2O)c(O)c1O. The summed E-state index contributed by atoms with van der Waals surface area (Å²) in [5, 5.41) is 59.4. The van der Waals surface area contributed by atoms with Crippen molar-refractivity contribution in [2.45, 2.75) is 5.92 Å². The van der Waals surface area contributed by atoms with Crippen LogP contribution in [-0.4, -0.2) is 30.6 Å². The van der Waals surface area contributed by atoms with Crippen molar-refractivity contribution in [2.24, 2.45) is 0 Å². The molecule has 0 bridgehead atoms. The number of rotatable bonds is 3. The standard InChI is InChI=1S/C19H16O6/c20-13-8-6-11(16(22)18(13)24)15(10-4-2-1-3-5-10)12-7-9-14(21)19(25)17(12)23/h1-9,15,20-25H. The minimum atomic E-state index is -0.765. The first-order valence-corrected chi connectivity index (χ1v) is 7.44. The minimum Gasteiger partial charge on any atom is -0.504 e. The fourth-order valence-electron chi connectivity index (χ4n) is 2.81. The van der Waals surface area contributed by atoms with Gasteiger partial charge in [-0.15, -0.1) is 0 Å². The molecule has 3 aromatic carbocycles. The summed E-state index contributed by atoms with van der Waals surface area (Å²) in [4.78, 5) is 0. The van der Waals surface area contributed by atoms with Gasteiger partial charge < -0.3 is 30.6 Å². The molecule has 0 aliphatic carbocycles. The quantitative estimate of drug-likeness (QED) is 0.322. The Bertz CT molecular complexity index is 863. The van der Waals surface area contributed by atoms with E-state index in [1.165, 1.54) is 24.3 Å². The van der Waals surface area contributed by atoms with Crippen LogP contribution in [0.3, 0.4) is 0 Å². The average Bonchev–Trinajstić information content (AvgIpc) is 2.62. The fraction of sp³-hybridized carbons (Fsp3) is 0.0526. The maximum atomic E-state index is 10.3. The van der Waals surface area contributed by atoms with E-state index in [0.29, 0.717) is 5.56 Å². The third-order valence-corrected chi connectivity index (χ3v) is 4.08. The summed E-state index contributed by atoms with van der Waals surface area (Å²) in [5.41, 5.74) is 1.08. The number of phenolic OH excluding ortho intramolecular Hbond substituents is 6. The number of hydrogen-bond acceptors (Lipinski definition) is 6. The van der Waals surface area contributed by atoms with Gasteiger partial charge in [-0.05, 0) is 17.7 Å². The van der Waals surface area contributed by atoms with Gasteiger partial charge in [0.25, 0.3) is 0 Å². The molecule has 0 heterocycles. The third kappa shape index (κ3) is 2.74. The molecule has 128 valence electrons. The van der Waals surface area contributed by atoms with Gasteiger partial charge in [0.05, 0.1) is 0 Å². The Kier molecular flexibility index (Phi) is 4.02. The fourth-order valence-corrected chi connectivity index (χ4v) is 2.81. The van der Waals surface area contributed by atoms with Gasteiger partial charge in [0.15, 0.2) is 23.0 Å². The zero-order chi connectivity index (χ0) is 18.1. The first kappa shape index (κ1) is 16.3. The summed E-state index contributed by atoms with van der Waals surface area (Å²) in [6, 6.07) is 14.1. The topological polar surface area (TPSA) is 121 Å². The van der Waals surface area contributed by atoms with Crippen LogP contribution in [0.15, 0.2) is 54.6 Å². The van der Waals surface area contributed by atoms with Crippen molar-refractivity contribution in [2.75, 3.05) is 0 Å². The molecule has 6 nitrogen and oxygen atoms in total. The Balaban J connectivity index is 2.30. The minimum absolute atomic E-state index is 0.210. The molecule has 0 aromatic heterocycles. The first-order chi connectivity index (χ1) is 11.9. The lowest BCUT2D eigenvalue weighted by Crippen LogP contribution is -2.04. The van der Waals surface area contributed by atoms with Gasteiger partial charge in [-0.3, -0.25) is 0 Å². The third-order valence-electron chi connectivity index (χ3n) is 4.08. The van der Waals surface area contributed by atoms with Crippen LogP contribution in [0, 0.1) is 0 Å². The van der Waals surface area contributed by atoms with E-state index in [-0.39, 0.29) is 11.1 Å². The van der Waals surface area contributed by atoms with E-state index in [0.717, 1.165) is 0 Å². The smallest absolute Gasteiger partial charge is 0.200 e. The van der Waals surface area contributed by atoms with Gasteiger partial charge in [0.2, 0.25) is 11.5 Å². The number of hydrogen-bond donors (Lipinski definition) is 6. The average molecular weight is 340 g/mol. The highest BCUT2D eigenvalue weighted by atomic mass is 16.3. The van der Waals surface area contributed by atoms with Gasteiger partial charge >= 0.3 is 0 Å². The summed E-state index contributed by atoms with van der Waals surface area (Å²) in [7, 11) is 0. The summed E-state index contributed by atoms with van der Waals surface area (Å²) < 4.78 is 0. The predicted octanol–water partition coefficient (Wildman–Crippen LogP) is 3.10. The number of benzene rings is 3. The van der Waals surface area contributed by atoms with E-state index in [1.54, 1.807) is 30.3 Å². The molecule has 0 atom stereocenters. The molecule has 0 aliphatic rings. The van der Waals surface area contributed by atoms with E-state index < -0.39 is 40.4 Å². The lowest BCUT2D eigenvalue weighted by molar-refractivity contribution is 0.360. The molecular weight excluding hydrogens is 324 g/mol. The number of phenols is 6. The number of aromatic hydroxyl groups is 6. The zero-order valence-corrected chi connectivity index (χ0v) is 13.0. The highest BCUT2D eigenvalue weighted by Crippen LogP contribution is 2.49. The molecule has 0 aliphatic heterocycles. The molecule has 6 heteroatoms. The molecule has 0 radical (unpaired) electrons. The van der Waals surface area contributed by atoms with Crippen LogP contribution in [0.25, 0.3) is 0 Å². The highest BCUT2D eigenvalue weighted by molar-refractivity contribution is 5.63. The van der Waals surface area contributed by atoms with Crippen molar-refractivity contribution in [3.8, 4) is 34.5 Å². The lowest BCUT2D eigenvalue weighted by Gasteiger charge is -2.22. The van der Waals surface area contributed by atoms with Gasteiger partial charge in [-0.2, -0.15) is 0 Å². The van der Waals surface area contributed by atoms with Crippen LogP contribution in [0.2, 0.25) is 0 Å². The van der Waals surface area contributed by atoms with Gasteiger partial charge in [0, 0.05) is 17.0 Å². The molecule has 0 fully saturated rings. The van der Waals surface area contributed by atoms with E-state index in [4.69, 9.17) is 0 Å². The molecule has 0 saturated heterocycles. The van der Waals surface area contributed by atoms with Crippen molar-refractivity contribution in [1.29, 1.82) is 0 Å². The largest absolute Gasteiger partial charge is 0.504 e. The highest BCUT2D eigenvalue weighted by Gasteiger charge is 2.27. The molecule has 3 rings (SSSR count). The molecule has 0 amide bonds. The molecular formula is C19H16O6. The molecule has 0 spiro atoms. The van der Waals surface area contributed by atoms with Crippen molar-refractivity contribution in [3.05, 3.63) is 71.3 Å². The van der Waals surface area contributed by atoms with Crippen LogP contribution in [0.4, 0.5) is 0 Å². The second kappa shape index (κ2) is 6.16. The second-order valence-corrected chi connectivity index (χ2v) is 5.59. The summed E-state index contributed by atoms with van der Waals surface area (Å²) in [6.07, 6.45) is 0. The van der Waals surface area contributed by atoms with E-state index in [9.17, 15) is 30.6 Å². The molecule has 0 saturated carbocycles. The van der Waals surface area contributed by atoms with Crippen LogP contribution < -0.4 is 0 Å². The zero-order valence-electron chi connectivity index (χ0n) is 13.0. The van der Waals surface area contributed by atoms with Crippen molar-refractivity contribution >= 4 is 0 Å². The summed E-state index contributed by atoms with van der Waals surface area (Å²) in [5.74, 6) is -4.17. The van der Waals surface area contributed by atoms with Gasteiger partial charge in [-0.1, -0.05) is 42.5 Å². The van der Waals surface area contributed by atoms with Crippen LogP contribution in [0.1, 0.15) is 22.6 Å². The maximum Gasteiger partial charge on any atom is 0.200 e. The Hall–Kier alpha value is -3.54. The Morgan fingerprint density at radius 2 is 0.920 bits per heavy atom. The monoisotopic (exact) mass is 340 g/mol. The van der Waals surface area contributed by atoms with E-state index >= 15 is 0 Å². The Morgan fingerprint density at radius 3 is 1.36 bits per heavy atom. The summed E-state index contributed by atoms with van der Waals surface area (Å²) in [6.45, 7) is 0. The Morgan fingerprint density at radius 1 is 0.480 bits per heavy atom. The molecule has 6 N–H and O–H groups in total. The van der Waals surface area contributed by atoms with Crippen LogP contribution in [-0.2, 0) is 0 Å². The van der Waals surface area contributed by atoms with Crippen LogP contribution in [0.5, 0.6) is 34.5 Å². The molecule has 3 aromatic rings. The molecule has 25 heavy (non-hydrogen) atoms. The van der Waals surface area contributed by atoms with E-state index in [1.807, 2.05) is 0 Å². The normalized spacial score (nSPS) is 10.9. The lowest BCUT2D eigenvalue weighted by atomic mass is 9.83. The van der Waals surface area contributed by atoms with Crippen LogP contribution >= 0.6 is 0 Å². The maximum absolute atomic E-state index is 10.3. The predicted molar refractivity (Wildman–Crippen MR) is 90.3 cm³/mol. The van der Waals surface area contributed by atoms with Crippen molar-refractivity contribution in [3.63, 3.8) is 0 Å². The molecule has 0 unspecified atom stereocenters. The van der Waals surface area contributed by atoms with Gasteiger partial charge in [0.1, 0.15) is 0 Å². The van der Waals surface area contributed by atoms with Crippen molar-refractivity contribution in [1.82, 2.24) is 0 Å². The van der Waals surface area contributed by atoms with E-state index in [2.05, 4.69) is 0 Å². The van der Waals surface area contributed by atoms with Crippen molar-refractivity contribution < 1.29 is 30.6 Å². The van der Waals surface area contributed by atoms with Gasteiger partial charge in [-0.25, -0.2) is 0 Å².